The van der Waals surface area contributed by atoms with E-state index in [2.05, 4.69) is 15.6 Å². The number of nitrogens with zero attached hydrogens (tertiary/aromatic N) is 2. The summed E-state index contributed by atoms with van der Waals surface area (Å²) in [6.07, 6.45) is 1.20. The topological polar surface area (TPSA) is 143 Å². The van der Waals surface area contributed by atoms with Crippen LogP contribution in [-0.2, 0) is 14.3 Å². The molecule has 0 aliphatic heterocycles. The lowest BCUT2D eigenvalue weighted by atomic mass is 10.1. The zero-order valence-electron chi connectivity index (χ0n) is 28.2. The fraction of sp³-hybridized carbons (Fsp3) is 0.486. The molecule has 0 spiro atoms. The molecule has 1 unspecified atom stereocenters. The molecule has 2 rings (SSSR count). The van der Waals surface area contributed by atoms with Gasteiger partial charge in [0.05, 0.1) is 19.3 Å². The van der Waals surface area contributed by atoms with Crippen molar-refractivity contribution >= 4 is 36.3 Å². The summed E-state index contributed by atoms with van der Waals surface area (Å²) in [5.74, 6) is 0.00585. The number of rotatable bonds is 15. The molecule has 2 aromatic rings. The largest absolute Gasteiger partial charge is 0.443 e. The number of ether oxygens (including phenoxy) is 2. The van der Waals surface area contributed by atoms with Gasteiger partial charge in [0.25, 0.3) is 0 Å². The summed E-state index contributed by atoms with van der Waals surface area (Å²) >= 11 is 0. The van der Waals surface area contributed by atoms with Crippen molar-refractivity contribution in [2.24, 2.45) is 4.99 Å². The average Bonchev–Trinajstić information content (AvgIpc) is 2.98. The fourth-order valence-electron chi connectivity index (χ4n) is 3.69. The van der Waals surface area contributed by atoms with Crippen molar-refractivity contribution in [2.45, 2.75) is 78.6 Å². The zero-order chi connectivity index (χ0) is 34.6. The van der Waals surface area contributed by atoms with E-state index in [0.717, 1.165) is 23.3 Å². The molecule has 0 aromatic heterocycles. The highest BCUT2D eigenvalue weighted by atomic mass is 16.6. The number of aldehydes is 1. The molecule has 2 amide bonds. The van der Waals surface area contributed by atoms with Gasteiger partial charge in [-0.3, -0.25) is 14.6 Å². The Balaban J connectivity index is 0.000000469. The molecule has 1 atom stereocenters. The van der Waals surface area contributed by atoms with Gasteiger partial charge in [0.15, 0.2) is 5.78 Å². The van der Waals surface area contributed by atoms with Gasteiger partial charge in [0, 0.05) is 43.2 Å². The van der Waals surface area contributed by atoms with Crippen LogP contribution >= 0.6 is 0 Å². The zero-order valence-corrected chi connectivity index (χ0v) is 28.2. The second kappa shape index (κ2) is 20.7. The van der Waals surface area contributed by atoms with Gasteiger partial charge in [-0.2, -0.15) is 0 Å². The third-order valence-corrected chi connectivity index (χ3v) is 5.87. The normalized spacial score (nSPS) is 12.0. The number of hydrogen-bond donors (Lipinski definition) is 2. The van der Waals surface area contributed by atoms with Crippen molar-refractivity contribution in [3.8, 4) is 0 Å². The van der Waals surface area contributed by atoms with Crippen LogP contribution in [0.5, 0.6) is 0 Å². The number of Topliss-reactive ketones (excluding diaryl/α,β-unsaturated/α-hetero) is 2. The number of ketones is 2. The second-order valence-electron chi connectivity index (χ2n) is 12.4. The number of benzene rings is 2. The van der Waals surface area contributed by atoms with E-state index in [1.54, 1.807) is 60.6 Å². The summed E-state index contributed by atoms with van der Waals surface area (Å²) in [6, 6.07) is 17.8. The lowest BCUT2D eigenvalue weighted by molar-refractivity contribution is -0.108. The minimum atomic E-state index is -0.768. The maximum absolute atomic E-state index is 12.2. The molecule has 0 fully saturated rings. The van der Waals surface area contributed by atoms with Crippen molar-refractivity contribution in [3.63, 3.8) is 0 Å². The molecule has 11 heteroatoms. The van der Waals surface area contributed by atoms with Gasteiger partial charge < -0.3 is 24.9 Å². The summed E-state index contributed by atoms with van der Waals surface area (Å²) < 4.78 is 10.5. The highest BCUT2D eigenvalue weighted by molar-refractivity contribution is 6.35. The Kier molecular flexibility index (Phi) is 17.9. The summed E-state index contributed by atoms with van der Waals surface area (Å²) in [4.78, 5) is 63.6. The van der Waals surface area contributed by atoms with Crippen LogP contribution in [-0.4, -0.2) is 91.1 Å². The number of carbonyl (C=O) groups is 5. The number of aliphatic imine (C=N–C) groups is 1. The molecule has 11 nitrogen and oxygen atoms in total. The van der Waals surface area contributed by atoms with E-state index in [4.69, 9.17) is 9.47 Å². The lowest BCUT2D eigenvalue weighted by Gasteiger charge is -2.31. The molecule has 0 bridgehead atoms. The van der Waals surface area contributed by atoms with Crippen LogP contribution in [0.2, 0.25) is 0 Å². The van der Waals surface area contributed by atoms with E-state index >= 15 is 0 Å². The van der Waals surface area contributed by atoms with E-state index in [0.29, 0.717) is 38.2 Å². The average molecular weight is 639 g/mol. The van der Waals surface area contributed by atoms with Crippen molar-refractivity contribution in [3.05, 3.63) is 71.8 Å². The van der Waals surface area contributed by atoms with Gasteiger partial charge in [-0.05, 0) is 54.9 Å². The monoisotopic (exact) mass is 638 g/mol. The van der Waals surface area contributed by atoms with Crippen LogP contribution in [0, 0.1) is 0 Å². The molecule has 0 heterocycles. The summed E-state index contributed by atoms with van der Waals surface area (Å²) in [6.45, 7) is 15.0. The number of carbonyl (C=O) groups excluding carboxylic acids is 5. The highest BCUT2D eigenvalue weighted by Crippen LogP contribution is 2.18. The van der Waals surface area contributed by atoms with E-state index in [1.807, 2.05) is 48.5 Å². The Labute approximate surface area is 273 Å². The van der Waals surface area contributed by atoms with Crippen LogP contribution in [0.1, 0.15) is 82.0 Å². The second-order valence-corrected chi connectivity index (χ2v) is 12.4. The van der Waals surface area contributed by atoms with Crippen LogP contribution in [0.25, 0.3) is 0 Å². The standard InChI is InChI=1S/C20H23N3O2.C15H27NO5/c24-19(17-7-3-1-4-8-17)15-22-13-11-21-12-14-23-16-20(25)18-9-5-2-6-10-18;1-11(9-8-10-17)16(12(18)20-14(2,3)4)13(19)21-15(5,6)7/h1-10,15,21,23H,11-14,16H2;10-11H,8-9H2,1-7H3. The molecule has 0 saturated heterocycles. The number of nitrogens with one attached hydrogen (secondary N) is 2. The molecule has 46 heavy (non-hydrogen) atoms. The quantitative estimate of drug-likeness (QED) is 0.111. The van der Waals surface area contributed by atoms with Crippen LogP contribution in [0.3, 0.4) is 0 Å². The van der Waals surface area contributed by atoms with Crippen molar-refractivity contribution in [1.82, 2.24) is 15.5 Å². The third-order valence-electron chi connectivity index (χ3n) is 5.87. The van der Waals surface area contributed by atoms with Crippen molar-refractivity contribution in [2.75, 3.05) is 32.7 Å². The molecule has 252 valence electrons. The smallest absolute Gasteiger partial charge is 0.420 e. The molecular formula is C35H50N4O7. The highest BCUT2D eigenvalue weighted by Gasteiger charge is 2.34. The summed E-state index contributed by atoms with van der Waals surface area (Å²) in [5.41, 5.74) is -0.0735. The Morgan fingerprint density at radius 2 is 1.28 bits per heavy atom. The minimum absolute atomic E-state index is 0.0818. The molecule has 0 aliphatic rings. The molecule has 0 saturated carbocycles. The Bertz CT molecular complexity index is 1230. The SMILES string of the molecule is CC(CCC=O)N(C(=O)OC(C)(C)C)C(=O)OC(C)(C)C.O=C(C=NCCNCCNCC(=O)c1ccccc1)c1ccccc1. The van der Waals surface area contributed by atoms with Gasteiger partial charge in [-0.1, -0.05) is 60.7 Å². The fourth-order valence-corrected chi connectivity index (χ4v) is 3.69. The Morgan fingerprint density at radius 3 is 1.78 bits per heavy atom. The maximum atomic E-state index is 12.2. The van der Waals surface area contributed by atoms with Gasteiger partial charge >= 0.3 is 12.2 Å². The van der Waals surface area contributed by atoms with Crippen molar-refractivity contribution < 1.29 is 33.4 Å². The molecule has 2 aromatic carbocycles. The molecule has 2 N–H and O–H groups in total. The Hall–Kier alpha value is -4.22. The Morgan fingerprint density at radius 1 is 0.783 bits per heavy atom. The minimum Gasteiger partial charge on any atom is -0.443 e. The van der Waals surface area contributed by atoms with Gasteiger partial charge in [-0.25, -0.2) is 14.5 Å². The van der Waals surface area contributed by atoms with Gasteiger partial charge in [-0.15, -0.1) is 0 Å². The first-order valence-electron chi connectivity index (χ1n) is 15.4. The molecular weight excluding hydrogens is 588 g/mol. The lowest BCUT2D eigenvalue weighted by Crippen LogP contribution is -2.48. The summed E-state index contributed by atoms with van der Waals surface area (Å²) in [7, 11) is 0. The van der Waals surface area contributed by atoms with Gasteiger partial charge in [0.2, 0.25) is 5.78 Å². The van der Waals surface area contributed by atoms with E-state index in [9.17, 15) is 24.0 Å². The van der Waals surface area contributed by atoms with E-state index in [-0.39, 0.29) is 18.0 Å². The third kappa shape index (κ3) is 17.9. The van der Waals surface area contributed by atoms with Crippen LogP contribution in [0.15, 0.2) is 65.7 Å². The predicted octanol–water partition coefficient (Wildman–Crippen LogP) is 5.53. The number of imide groups is 1. The van der Waals surface area contributed by atoms with E-state index in [1.165, 1.54) is 6.21 Å². The number of amides is 2. The van der Waals surface area contributed by atoms with E-state index < -0.39 is 29.4 Å². The first-order chi connectivity index (χ1) is 21.6. The first-order valence-corrected chi connectivity index (χ1v) is 15.4. The molecule has 0 radical (unpaired) electrons. The first kappa shape index (κ1) is 39.8. The predicted molar refractivity (Wildman–Crippen MR) is 180 cm³/mol. The maximum Gasteiger partial charge on any atom is 0.420 e. The number of hydrogen-bond acceptors (Lipinski definition) is 10. The van der Waals surface area contributed by atoms with Crippen LogP contribution < -0.4 is 10.6 Å². The molecule has 0 aliphatic carbocycles. The summed E-state index contributed by atoms with van der Waals surface area (Å²) in [5, 5.41) is 6.32. The van der Waals surface area contributed by atoms with Crippen LogP contribution in [0.4, 0.5) is 9.59 Å². The van der Waals surface area contributed by atoms with Crippen molar-refractivity contribution in [1.29, 1.82) is 0 Å². The van der Waals surface area contributed by atoms with Gasteiger partial charge in [0.1, 0.15) is 17.5 Å².